The van der Waals surface area contributed by atoms with Crippen LogP contribution in [0.4, 0.5) is 5.82 Å². The van der Waals surface area contributed by atoms with Gasteiger partial charge in [-0.3, -0.25) is 4.98 Å². The fourth-order valence-corrected chi connectivity index (χ4v) is 1.47. The summed E-state index contributed by atoms with van der Waals surface area (Å²) < 4.78 is 1.59. The molecule has 0 spiro atoms. The number of hydrogen-bond acceptors (Lipinski definition) is 6. The fraction of sp³-hybridized carbons (Fsp3) is 0.444. The zero-order valence-electron chi connectivity index (χ0n) is 9.07. The van der Waals surface area contributed by atoms with E-state index in [0.717, 1.165) is 5.82 Å². The molecule has 7 nitrogen and oxygen atoms in total. The highest BCUT2D eigenvalue weighted by atomic mass is 15.5. The van der Waals surface area contributed by atoms with Crippen LogP contribution in [0.5, 0.6) is 0 Å². The van der Waals surface area contributed by atoms with E-state index in [-0.39, 0.29) is 5.92 Å². The maximum atomic E-state index is 8.76. The van der Waals surface area contributed by atoms with Crippen molar-refractivity contribution in [2.24, 2.45) is 5.92 Å². The first-order chi connectivity index (χ1) is 7.72. The number of tetrazole rings is 1. The third-order valence-corrected chi connectivity index (χ3v) is 2.25. The SMILES string of the molecule is CC(C#N)CN(C)c1cncc2nnnn12. The summed E-state index contributed by atoms with van der Waals surface area (Å²) in [5.74, 6) is 0.710. The smallest absolute Gasteiger partial charge is 0.199 e. The molecule has 0 aliphatic heterocycles. The number of hydrogen-bond donors (Lipinski definition) is 0. The Balaban J connectivity index is 2.32. The van der Waals surface area contributed by atoms with Gasteiger partial charge in [-0.15, -0.1) is 5.10 Å². The first-order valence-corrected chi connectivity index (χ1v) is 4.85. The summed E-state index contributed by atoms with van der Waals surface area (Å²) in [7, 11) is 1.88. The lowest BCUT2D eigenvalue weighted by Gasteiger charge is -2.19. The molecule has 7 heteroatoms. The maximum Gasteiger partial charge on any atom is 0.199 e. The van der Waals surface area contributed by atoms with E-state index in [0.29, 0.717) is 12.2 Å². The van der Waals surface area contributed by atoms with E-state index in [1.54, 1.807) is 16.9 Å². The molecule has 16 heavy (non-hydrogen) atoms. The Morgan fingerprint density at radius 2 is 2.38 bits per heavy atom. The van der Waals surface area contributed by atoms with Gasteiger partial charge < -0.3 is 4.90 Å². The van der Waals surface area contributed by atoms with E-state index in [4.69, 9.17) is 5.26 Å². The van der Waals surface area contributed by atoms with Crippen molar-refractivity contribution in [1.29, 1.82) is 5.26 Å². The third kappa shape index (κ3) is 1.77. The summed E-state index contributed by atoms with van der Waals surface area (Å²) >= 11 is 0. The normalized spacial score (nSPS) is 12.3. The number of nitriles is 1. The molecule has 0 aliphatic rings. The molecule has 2 aromatic rings. The lowest BCUT2D eigenvalue weighted by Crippen LogP contribution is -2.25. The number of anilines is 1. The Morgan fingerprint density at radius 3 is 3.12 bits per heavy atom. The van der Waals surface area contributed by atoms with E-state index in [1.165, 1.54) is 0 Å². The Kier molecular flexibility index (Phi) is 2.64. The second-order valence-corrected chi connectivity index (χ2v) is 3.63. The van der Waals surface area contributed by atoms with E-state index in [9.17, 15) is 0 Å². The topological polar surface area (TPSA) is 83.0 Å². The fourth-order valence-electron chi connectivity index (χ4n) is 1.47. The zero-order chi connectivity index (χ0) is 11.5. The molecule has 0 saturated carbocycles. The molecule has 0 saturated heterocycles. The first kappa shape index (κ1) is 10.3. The molecular formula is C9H11N7. The molecule has 1 unspecified atom stereocenters. The molecule has 82 valence electrons. The van der Waals surface area contributed by atoms with Crippen LogP contribution in [0.15, 0.2) is 12.4 Å². The van der Waals surface area contributed by atoms with Gasteiger partial charge in [-0.05, 0) is 17.4 Å². The minimum atomic E-state index is -0.0586. The van der Waals surface area contributed by atoms with Gasteiger partial charge in [0.05, 0.1) is 24.4 Å². The van der Waals surface area contributed by atoms with Crippen molar-refractivity contribution in [1.82, 2.24) is 25.0 Å². The van der Waals surface area contributed by atoms with Crippen LogP contribution in [-0.4, -0.2) is 38.6 Å². The van der Waals surface area contributed by atoms with Crippen molar-refractivity contribution in [3.8, 4) is 6.07 Å². The summed E-state index contributed by atoms with van der Waals surface area (Å²) in [6.07, 6.45) is 3.26. The Morgan fingerprint density at radius 1 is 1.56 bits per heavy atom. The Bertz CT molecular complexity index is 526. The van der Waals surface area contributed by atoms with Crippen LogP contribution in [-0.2, 0) is 0 Å². The predicted octanol–water partition coefficient (Wildman–Crippen LogP) is 0.115. The van der Waals surface area contributed by atoms with Gasteiger partial charge in [0.2, 0.25) is 0 Å². The second-order valence-electron chi connectivity index (χ2n) is 3.63. The second kappa shape index (κ2) is 4.10. The Labute approximate surface area is 92.3 Å². The van der Waals surface area contributed by atoms with Crippen LogP contribution >= 0.6 is 0 Å². The summed E-state index contributed by atoms with van der Waals surface area (Å²) in [5, 5.41) is 20.0. The predicted molar refractivity (Wildman–Crippen MR) is 56.6 cm³/mol. The third-order valence-electron chi connectivity index (χ3n) is 2.25. The molecule has 0 amide bonds. The molecule has 0 bridgehead atoms. The van der Waals surface area contributed by atoms with Crippen molar-refractivity contribution in [2.75, 3.05) is 18.5 Å². The average Bonchev–Trinajstić information content (AvgIpc) is 2.76. The van der Waals surface area contributed by atoms with E-state index >= 15 is 0 Å². The van der Waals surface area contributed by atoms with Gasteiger partial charge in [0.15, 0.2) is 11.5 Å². The van der Waals surface area contributed by atoms with Crippen LogP contribution in [0.3, 0.4) is 0 Å². The minimum Gasteiger partial charge on any atom is -0.357 e. The number of aromatic nitrogens is 5. The van der Waals surface area contributed by atoms with Crippen molar-refractivity contribution in [2.45, 2.75) is 6.92 Å². The van der Waals surface area contributed by atoms with Gasteiger partial charge in [0.1, 0.15) is 0 Å². The summed E-state index contributed by atoms with van der Waals surface area (Å²) in [6, 6.07) is 2.18. The van der Waals surface area contributed by atoms with Gasteiger partial charge in [-0.25, -0.2) is 0 Å². The molecular weight excluding hydrogens is 206 g/mol. The maximum absolute atomic E-state index is 8.76. The molecule has 2 aromatic heterocycles. The average molecular weight is 217 g/mol. The van der Waals surface area contributed by atoms with E-state index in [1.807, 2.05) is 18.9 Å². The monoisotopic (exact) mass is 217 g/mol. The first-order valence-electron chi connectivity index (χ1n) is 4.85. The highest BCUT2D eigenvalue weighted by molar-refractivity contribution is 5.45. The van der Waals surface area contributed by atoms with E-state index < -0.39 is 0 Å². The standard InChI is InChI=1S/C9H11N7/c1-7(3-10)6-15(2)9-5-11-4-8-12-13-14-16(8)9/h4-5,7H,6H2,1-2H3. The van der Waals surface area contributed by atoms with Crippen LogP contribution in [0.25, 0.3) is 5.65 Å². The summed E-state index contributed by atoms with van der Waals surface area (Å²) in [4.78, 5) is 5.96. The summed E-state index contributed by atoms with van der Waals surface area (Å²) in [5.41, 5.74) is 0.592. The van der Waals surface area contributed by atoms with Crippen molar-refractivity contribution < 1.29 is 0 Å². The molecule has 2 rings (SSSR count). The van der Waals surface area contributed by atoms with Crippen LogP contribution in [0.2, 0.25) is 0 Å². The van der Waals surface area contributed by atoms with Crippen LogP contribution in [0.1, 0.15) is 6.92 Å². The highest BCUT2D eigenvalue weighted by Crippen LogP contribution is 2.12. The lowest BCUT2D eigenvalue weighted by atomic mass is 10.2. The lowest BCUT2D eigenvalue weighted by molar-refractivity contribution is 0.693. The van der Waals surface area contributed by atoms with Gasteiger partial charge in [0.25, 0.3) is 0 Å². The highest BCUT2D eigenvalue weighted by Gasteiger charge is 2.11. The Hall–Kier alpha value is -2.23. The van der Waals surface area contributed by atoms with Crippen LogP contribution in [0, 0.1) is 17.2 Å². The molecule has 0 radical (unpaired) electrons. The van der Waals surface area contributed by atoms with E-state index in [2.05, 4.69) is 26.6 Å². The van der Waals surface area contributed by atoms with Crippen molar-refractivity contribution in [3.05, 3.63) is 12.4 Å². The van der Waals surface area contributed by atoms with Crippen molar-refractivity contribution in [3.63, 3.8) is 0 Å². The van der Waals surface area contributed by atoms with Gasteiger partial charge in [-0.1, -0.05) is 0 Å². The van der Waals surface area contributed by atoms with Gasteiger partial charge >= 0.3 is 0 Å². The molecule has 1 atom stereocenters. The van der Waals surface area contributed by atoms with Gasteiger partial charge in [-0.2, -0.15) is 9.78 Å². The molecule has 0 aliphatic carbocycles. The zero-order valence-corrected chi connectivity index (χ0v) is 9.07. The number of rotatable bonds is 3. The minimum absolute atomic E-state index is 0.0586. The van der Waals surface area contributed by atoms with Gasteiger partial charge in [0, 0.05) is 13.6 Å². The number of nitrogens with zero attached hydrogens (tertiary/aromatic N) is 7. The molecule has 0 N–H and O–H groups in total. The summed E-state index contributed by atoms with van der Waals surface area (Å²) in [6.45, 7) is 2.47. The molecule has 2 heterocycles. The van der Waals surface area contributed by atoms with Crippen molar-refractivity contribution >= 4 is 11.5 Å². The number of fused-ring (bicyclic) bond motifs is 1. The van der Waals surface area contributed by atoms with Crippen LogP contribution < -0.4 is 4.90 Å². The largest absolute Gasteiger partial charge is 0.357 e. The quantitative estimate of drug-likeness (QED) is 0.725. The molecule has 0 fully saturated rings. The molecule has 0 aromatic carbocycles.